The van der Waals surface area contributed by atoms with E-state index in [1.165, 1.54) is 25.7 Å². The predicted molar refractivity (Wildman–Crippen MR) is 70.0 cm³/mol. The maximum Gasteiger partial charge on any atom is 0.431 e. The molecule has 1 aliphatic rings. The van der Waals surface area contributed by atoms with Crippen LogP contribution in [0.1, 0.15) is 31.4 Å². The minimum absolute atomic E-state index is 0.311. The van der Waals surface area contributed by atoms with Crippen molar-refractivity contribution in [3.63, 3.8) is 0 Å². The van der Waals surface area contributed by atoms with Crippen molar-refractivity contribution in [3.8, 4) is 5.69 Å². The lowest BCUT2D eigenvalue weighted by Gasteiger charge is -2.08. The number of aromatic amines is 1. The van der Waals surface area contributed by atoms with Crippen LogP contribution in [0.25, 0.3) is 5.69 Å². The summed E-state index contributed by atoms with van der Waals surface area (Å²) in [6.45, 7) is 0.533. The fraction of sp³-hybridized carbons (Fsp3) is 0.429. The quantitative estimate of drug-likeness (QED) is 0.814. The van der Waals surface area contributed by atoms with Crippen LogP contribution in [0.5, 0.6) is 0 Å². The Morgan fingerprint density at radius 1 is 1.26 bits per heavy atom. The third kappa shape index (κ3) is 2.61. The van der Waals surface area contributed by atoms with E-state index < -0.39 is 0 Å². The largest absolute Gasteiger partial charge is 0.431 e. The molecule has 2 N–H and O–H groups in total. The van der Waals surface area contributed by atoms with Crippen LogP contribution in [-0.4, -0.2) is 11.3 Å². The minimum Gasteiger partial charge on any atom is -0.304 e. The van der Waals surface area contributed by atoms with E-state index in [4.69, 9.17) is 4.52 Å². The molecule has 0 saturated heterocycles. The molecule has 0 unspecified atom stereocenters. The van der Waals surface area contributed by atoms with Gasteiger partial charge < -0.3 is 5.32 Å². The molecule has 19 heavy (non-hydrogen) atoms. The average molecular weight is 260 g/mol. The number of para-hydroxylation sites is 1. The first kappa shape index (κ1) is 12.2. The van der Waals surface area contributed by atoms with Gasteiger partial charge in [0, 0.05) is 18.2 Å². The van der Waals surface area contributed by atoms with Crippen LogP contribution in [0, 0.1) is 0 Å². The van der Waals surface area contributed by atoms with Gasteiger partial charge in [-0.2, -0.15) is 0 Å². The lowest BCUT2D eigenvalue weighted by Crippen LogP contribution is -2.42. The highest BCUT2D eigenvalue weighted by molar-refractivity contribution is 5.21. The van der Waals surface area contributed by atoms with E-state index in [1.807, 2.05) is 30.3 Å². The highest BCUT2D eigenvalue weighted by atomic mass is 16.5. The summed E-state index contributed by atoms with van der Waals surface area (Å²) in [5.74, 6) is 0. The maximum atomic E-state index is 11.8. The van der Waals surface area contributed by atoms with Gasteiger partial charge in [-0.1, -0.05) is 31.0 Å². The van der Waals surface area contributed by atoms with Gasteiger partial charge in [-0.3, -0.25) is 4.52 Å². The first-order valence-electron chi connectivity index (χ1n) is 6.76. The molecule has 3 rings (SSSR count). The molecule has 0 atom stereocenters. The number of H-pyrrole nitrogens is 1. The Bertz CT molecular complexity index is 582. The first-order valence-corrected chi connectivity index (χ1v) is 6.76. The number of nitrogens with one attached hydrogen (secondary N) is 2. The van der Waals surface area contributed by atoms with E-state index >= 15 is 0 Å². The van der Waals surface area contributed by atoms with Gasteiger partial charge in [-0.15, -0.1) is 0 Å². The van der Waals surface area contributed by atoms with Gasteiger partial charge in [0.2, 0.25) is 5.69 Å². The standard InChI is InChI=1S/C14H17N3O2/c18-14-13(10-15-11-6-4-5-7-11)17(16-19-14)12-8-2-1-3-9-12/h1-3,8-9,11,15H,4-7,10H2/p+1. The van der Waals surface area contributed by atoms with Crippen LogP contribution in [0.2, 0.25) is 0 Å². The van der Waals surface area contributed by atoms with E-state index in [1.54, 1.807) is 4.68 Å². The summed E-state index contributed by atoms with van der Waals surface area (Å²) in [5, 5.41) is 6.09. The average Bonchev–Trinajstić information content (AvgIpc) is 3.07. The zero-order valence-electron chi connectivity index (χ0n) is 10.8. The molecule has 0 radical (unpaired) electrons. The maximum absolute atomic E-state index is 11.8. The minimum atomic E-state index is -0.311. The molecule has 1 aromatic carbocycles. The Balaban J connectivity index is 1.80. The zero-order chi connectivity index (χ0) is 13.1. The Hall–Kier alpha value is -1.88. The number of nitrogens with zero attached hydrogens (tertiary/aromatic N) is 1. The summed E-state index contributed by atoms with van der Waals surface area (Å²) < 4.78 is 6.61. The molecule has 5 heteroatoms. The molecular formula is C14H18N3O2+. The lowest BCUT2D eigenvalue weighted by molar-refractivity contribution is -0.677. The van der Waals surface area contributed by atoms with E-state index in [-0.39, 0.29) is 5.63 Å². The van der Waals surface area contributed by atoms with Gasteiger partial charge in [-0.05, 0) is 22.8 Å². The fourth-order valence-electron chi connectivity index (χ4n) is 2.60. The predicted octanol–water partition coefficient (Wildman–Crippen LogP) is 1.28. The Morgan fingerprint density at radius 3 is 2.74 bits per heavy atom. The monoisotopic (exact) mass is 260 g/mol. The molecule has 0 amide bonds. The van der Waals surface area contributed by atoms with Gasteiger partial charge in [0.1, 0.15) is 0 Å². The summed E-state index contributed by atoms with van der Waals surface area (Å²) in [6.07, 6.45) is 4.94. The highest BCUT2D eigenvalue weighted by Crippen LogP contribution is 2.17. The number of hydrogen-bond donors (Lipinski definition) is 2. The van der Waals surface area contributed by atoms with Crippen molar-refractivity contribution in [2.75, 3.05) is 0 Å². The van der Waals surface area contributed by atoms with Crippen LogP contribution in [0.4, 0.5) is 0 Å². The molecule has 1 aromatic heterocycles. The van der Waals surface area contributed by atoms with Crippen molar-refractivity contribution >= 4 is 0 Å². The second-order valence-electron chi connectivity index (χ2n) is 4.96. The van der Waals surface area contributed by atoms with E-state index in [2.05, 4.69) is 10.6 Å². The second-order valence-corrected chi connectivity index (χ2v) is 4.96. The highest BCUT2D eigenvalue weighted by Gasteiger charge is 2.24. The molecule has 1 aliphatic carbocycles. The molecule has 1 fully saturated rings. The Labute approximate surface area is 111 Å². The van der Waals surface area contributed by atoms with Crippen molar-refractivity contribution in [2.45, 2.75) is 38.3 Å². The molecular weight excluding hydrogens is 242 g/mol. The van der Waals surface area contributed by atoms with Crippen molar-refractivity contribution in [3.05, 3.63) is 46.4 Å². The van der Waals surface area contributed by atoms with Gasteiger partial charge >= 0.3 is 11.3 Å². The lowest BCUT2D eigenvalue weighted by atomic mass is 10.2. The molecule has 100 valence electrons. The summed E-state index contributed by atoms with van der Waals surface area (Å²) in [6, 6.07) is 10.2. The van der Waals surface area contributed by atoms with Crippen LogP contribution in [0.3, 0.4) is 0 Å². The van der Waals surface area contributed by atoms with Gasteiger partial charge in [0.05, 0.1) is 6.54 Å². The number of benzene rings is 1. The molecule has 2 aromatic rings. The van der Waals surface area contributed by atoms with Gasteiger partial charge in [-0.25, -0.2) is 4.79 Å². The Morgan fingerprint density at radius 2 is 2.00 bits per heavy atom. The van der Waals surface area contributed by atoms with E-state index in [9.17, 15) is 4.79 Å². The molecule has 1 heterocycles. The first-order chi connectivity index (χ1) is 9.34. The molecule has 0 bridgehead atoms. The van der Waals surface area contributed by atoms with Crippen molar-refractivity contribution in [2.24, 2.45) is 0 Å². The van der Waals surface area contributed by atoms with Crippen molar-refractivity contribution in [1.82, 2.24) is 10.6 Å². The molecule has 1 saturated carbocycles. The number of rotatable bonds is 4. The van der Waals surface area contributed by atoms with Crippen LogP contribution >= 0.6 is 0 Å². The SMILES string of the molecule is O=c1o[nH][n+](-c2ccccc2)c1CNC1CCCC1. The fourth-order valence-corrected chi connectivity index (χ4v) is 2.60. The van der Waals surface area contributed by atoms with Crippen molar-refractivity contribution < 1.29 is 9.20 Å². The third-order valence-electron chi connectivity index (χ3n) is 3.66. The summed E-state index contributed by atoms with van der Waals surface area (Å²) >= 11 is 0. The van der Waals surface area contributed by atoms with Crippen LogP contribution in [0.15, 0.2) is 39.6 Å². The molecule has 0 spiro atoms. The normalized spacial score (nSPS) is 16.0. The summed E-state index contributed by atoms with van der Waals surface area (Å²) in [5.41, 5.74) is 1.20. The number of aromatic nitrogens is 2. The van der Waals surface area contributed by atoms with Crippen molar-refractivity contribution in [1.29, 1.82) is 0 Å². The third-order valence-corrected chi connectivity index (χ3v) is 3.66. The topological polar surface area (TPSA) is 61.9 Å². The Kier molecular flexibility index (Phi) is 3.46. The van der Waals surface area contributed by atoms with Gasteiger partial charge in [0.15, 0.2) is 0 Å². The van der Waals surface area contributed by atoms with E-state index in [0.29, 0.717) is 18.3 Å². The van der Waals surface area contributed by atoms with E-state index in [0.717, 1.165) is 5.69 Å². The van der Waals surface area contributed by atoms with Crippen LogP contribution < -0.4 is 15.6 Å². The van der Waals surface area contributed by atoms with Gasteiger partial charge in [0.25, 0.3) is 0 Å². The summed E-state index contributed by atoms with van der Waals surface area (Å²) in [7, 11) is 0. The second kappa shape index (κ2) is 5.40. The smallest absolute Gasteiger partial charge is 0.304 e. The number of hydrogen-bond acceptors (Lipinski definition) is 3. The molecule has 0 aliphatic heterocycles. The zero-order valence-corrected chi connectivity index (χ0v) is 10.8. The molecule has 5 nitrogen and oxygen atoms in total. The summed E-state index contributed by atoms with van der Waals surface area (Å²) in [4.78, 5) is 11.8. The van der Waals surface area contributed by atoms with Crippen LogP contribution in [-0.2, 0) is 6.54 Å².